The van der Waals surface area contributed by atoms with Crippen LogP contribution in [0.5, 0.6) is 0 Å². The predicted octanol–water partition coefficient (Wildman–Crippen LogP) is 4.13. The van der Waals surface area contributed by atoms with Crippen molar-refractivity contribution < 1.29 is 9.47 Å². The van der Waals surface area contributed by atoms with E-state index in [1.165, 1.54) is 5.75 Å². The van der Waals surface area contributed by atoms with E-state index in [9.17, 15) is 0 Å². The Hall–Kier alpha value is 0.270. The predicted molar refractivity (Wildman–Crippen MR) is 80.4 cm³/mol. The van der Waals surface area contributed by atoms with Crippen LogP contribution in [0.2, 0.25) is 0 Å². The molecule has 0 radical (unpaired) electrons. The average molecular weight is 274 g/mol. The molecule has 0 bridgehead atoms. The zero-order valence-corrected chi connectivity index (χ0v) is 13.9. The summed E-state index contributed by atoms with van der Waals surface area (Å²) in [6.45, 7) is 15.9. The van der Waals surface area contributed by atoms with Gasteiger partial charge in [-0.1, -0.05) is 6.92 Å². The summed E-state index contributed by atoms with van der Waals surface area (Å²) in [5.74, 6) is 1.70. The van der Waals surface area contributed by atoms with Gasteiger partial charge in [0.2, 0.25) is 0 Å². The van der Waals surface area contributed by atoms with Crippen molar-refractivity contribution in [3.63, 3.8) is 0 Å². The molecule has 0 aliphatic carbocycles. The minimum absolute atomic E-state index is 0.00363. The van der Waals surface area contributed by atoms with Crippen molar-refractivity contribution in [3.05, 3.63) is 0 Å². The molecule has 1 rings (SSSR count). The number of hydrogen-bond acceptors (Lipinski definition) is 3. The normalized spacial score (nSPS) is 22.3. The van der Waals surface area contributed by atoms with E-state index in [1.54, 1.807) is 0 Å². The molecule has 0 N–H and O–H groups in total. The fraction of sp³-hybridized carbons (Fsp3) is 1.00. The number of rotatable bonds is 8. The summed E-state index contributed by atoms with van der Waals surface area (Å²) < 4.78 is 12.1. The smallest absolute Gasteiger partial charge is 0.0677 e. The van der Waals surface area contributed by atoms with E-state index >= 15 is 0 Å². The first kappa shape index (κ1) is 16.3. The molecule has 3 heteroatoms. The minimum atomic E-state index is -0.126. The summed E-state index contributed by atoms with van der Waals surface area (Å²) in [4.78, 5) is 0. The van der Waals surface area contributed by atoms with Crippen LogP contribution in [0.3, 0.4) is 0 Å². The summed E-state index contributed by atoms with van der Waals surface area (Å²) >= 11 is 2.04. The highest BCUT2D eigenvalue weighted by Gasteiger charge is 2.34. The van der Waals surface area contributed by atoms with Gasteiger partial charge in [0.05, 0.1) is 23.9 Å². The Morgan fingerprint density at radius 1 is 1.17 bits per heavy atom. The van der Waals surface area contributed by atoms with Crippen LogP contribution in [0.1, 0.15) is 54.9 Å². The molecule has 1 heterocycles. The molecule has 2 unspecified atom stereocenters. The van der Waals surface area contributed by atoms with Crippen LogP contribution in [0.4, 0.5) is 0 Å². The maximum Gasteiger partial charge on any atom is 0.0677 e. The quantitative estimate of drug-likeness (QED) is 0.620. The molecule has 1 aliphatic heterocycles. The highest BCUT2D eigenvalue weighted by atomic mass is 32.2. The Kier molecular flexibility index (Phi) is 5.58. The van der Waals surface area contributed by atoms with Crippen molar-refractivity contribution in [2.45, 2.75) is 77.4 Å². The second-order valence-electron chi connectivity index (χ2n) is 6.90. The van der Waals surface area contributed by atoms with Gasteiger partial charge in [-0.2, -0.15) is 11.8 Å². The third-order valence-corrected chi connectivity index (χ3v) is 4.54. The van der Waals surface area contributed by atoms with E-state index in [-0.39, 0.29) is 17.3 Å². The SMILES string of the molecule is CC(C)OC(C)(C)C(C)COC(C)(C)CC1CS1. The number of ether oxygens (including phenoxy) is 2. The van der Waals surface area contributed by atoms with Crippen molar-refractivity contribution in [1.29, 1.82) is 0 Å². The first-order chi connectivity index (χ1) is 8.12. The molecule has 0 aromatic heterocycles. The van der Waals surface area contributed by atoms with Gasteiger partial charge in [-0.25, -0.2) is 0 Å². The topological polar surface area (TPSA) is 18.5 Å². The molecular formula is C15H30O2S. The van der Waals surface area contributed by atoms with Gasteiger partial charge in [0, 0.05) is 16.9 Å². The van der Waals surface area contributed by atoms with Crippen molar-refractivity contribution in [1.82, 2.24) is 0 Å². The molecule has 1 aliphatic rings. The summed E-state index contributed by atoms with van der Waals surface area (Å²) in [5, 5.41) is 0.829. The lowest BCUT2D eigenvalue weighted by atomic mass is 9.92. The second-order valence-corrected chi connectivity index (χ2v) is 8.23. The highest BCUT2D eigenvalue weighted by Crippen LogP contribution is 2.38. The highest BCUT2D eigenvalue weighted by molar-refractivity contribution is 8.06. The molecule has 108 valence electrons. The van der Waals surface area contributed by atoms with Gasteiger partial charge in [0.15, 0.2) is 0 Å². The molecule has 0 spiro atoms. The summed E-state index contributed by atoms with van der Waals surface area (Å²) in [6.07, 6.45) is 1.42. The third-order valence-electron chi connectivity index (χ3n) is 3.57. The molecule has 2 atom stereocenters. The van der Waals surface area contributed by atoms with E-state index in [0.717, 1.165) is 18.3 Å². The first-order valence-electron chi connectivity index (χ1n) is 7.06. The monoisotopic (exact) mass is 274 g/mol. The van der Waals surface area contributed by atoms with Gasteiger partial charge in [0.25, 0.3) is 0 Å². The molecule has 0 amide bonds. The van der Waals surface area contributed by atoms with Crippen LogP contribution in [0.15, 0.2) is 0 Å². The minimum Gasteiger partial charge on any atom is -0.375 e. The number of thioether (sulfide) groups is 1. The largest absolute Gasteiger partial charge is 0.375 e. The Morgan fingerprint density at radius 3 is 2.17 bits per heavy atom. The molecular weight excluding hydrogens is 244 g/mol. The molecule has 0 saturated carbocycles. The Balaban J connectivity index is 2.36. The zero-order valence-electron chi connectivity index (χ0n) is 13.1. The Bertz CT molecular complexity index is 257. The zero-order chi connectivity index (χ0) is 14.0. The molecule has 0 aromatic rings. The molecule has 0 aromatic carbocycles. The fourth-order valence-electron chi connectivity index (χ4n) is 2.07. The van der Waals surface area contributed by atoms with Gasteiger partial charge in [0.1, 0.15) is 0 Å². The van der Waals surface area contributed by atoms with Crippen molar-refractivity contribution in [2.24, 2.45) is 5.92 Å². The van der Waals surface area contributed by atoms with Gasteiger partial charge in [-0.3, -0.25) is 0 Å². The van der Waals surface area contributed by atoms with Gasteiger partial charge in [-0.05, 0) is 48.0 Å². The van der Waals surface area contributed by atoms with Gasteiger partial charge in [-0.15, -0.1) is 0 Å². The lowest BCUT2D eigenvalue weighted by Gasteiger charge is -2.36. The molecule has 18 heavy (non-hydrogen) atoms. The van der Waals surface area contributed by atoms with E-state index in [0.29, 0.717) is 5.92 Å². The molecule has 2 nitrogen and oxygen atoms in total. The van der Waals surface area contributed by atoms with E-state index in [2.05, 4.69) is 48.5 Å². The average Bonchev–Trinajstić information content (AvgIpc) is 2.95. The van der Waals surface area contributed by atoms with Crippen LogP contribution in [0, 0.1) is 5.92 Å². The van der Waals surface area contributed by atoms with Crippen molar-refractivity contribution >= 4 is 11.8 Å². The Labute approximate surface area is 117 Å². The summed E-state index contributed by atoms with van der Waals surface area (Å²) in [5.41, 5.74) is -0.130. The van der Waals surface area contributed by atoms with Gasteiger partial charge >= 0.3 is 0 Å². The standard InChI is InChI=1S/C15H30O2S/c1-11(2)17-15(6,7)12(3)9-16-14(4,5)8-13-10-18-13/h11-13H,8-10H2,1-7H3. The van der Waals surface area contributed by atoms with Crippen LogP contribution in [-0.2, 0) is 9.47 Å². The molecule has 1 saturated heterocycles. The summed E-state index contributed by atoms with van der Waals surface area (Å²) in [6, 6.07) is 0. The van der Waals surface area contributed by atoms with E-state index in [1.807, 2.05) is 11.8 Å². The lowest BCUT2D eigenvalue weighted by Crippen LogP contribution is -2.40. The fourth-order valence-corrected chi connectivity index (χ4v) is 2.84. The molecule has 1 fully saturated rings. The van der Waals surface area contributed by atoms with E-state index in [4.69, 9.17) is 9.47 Å². The third kappa shape index (κ3) is 5.94. The Morgan fingerprint density at radius 2 is 1.72 bits per heavy atom. The second kappa shape index (κ2) is 6.15. The number of hydrogen-bond donors (Lipinski definition) is 0. The maximum atomic E-state index is 6.12. The van der Waals surface area contributed by atoms with Crippen molar-refractivity contribution in [2.75, 3.05) is 12.4 Å². The maximum absolute atomic E-state index is 6.12. The summed E-state index contributed by atoms with van der Waals surface area (Å²) in [7, 11) is 0. The van der Waals surface area contributed by atoms with Crippen LogP contribution < -0.4 is 0 Å². The van der Waals surface area contributed by atoms with Gasteiger partial charge < -0.3 is 9.47 Å². The first-order valence-corrected chi connectivity index (χ1v) is 8.10. The van der Waals surface area contributed by atoms with Crippen LogP contribution in [-0.4, -0.2) is 34.9 Å². The van der Waals surface area contributed by atoms with E-state index < -0.39 is 0 Å². The van der Waals surface area contributed by atoms with Crippen molar-refractivity contribution in [3.8, 4) is 0 Å². The van der Waals surface area contributed by atoms with Crippen LogP contribution >= 0.6 is 11.8 Å². The lowest BCUT2D eigenvalue weighted by molar-refractivity contribution is -0.125. The van der Waals surface area contributed by atoms with Crippen LogP contribution in [0.25, 0.3) is 0 Å².